The molecule has 3 rings (SSSR count). The van der Waals surface area contributed by atoms with E-state index in [-0.39, 0.29) is 12.5 Å². The maximum absolute atomic E-state index is 12.6. The molecule has 1 aliphatic rings. The molecule has 0 bridgehead atoms. The molecular weight excluding hydrogens is 326 g/mol. The van der Waals surface area contributed by atoms with Crippen LogP contribution in [0, 0.1) is 19.8 Å². The van der Waals surface area contributed by atoms with Gasteiger partial charge in [-0.05, 0) is 55.7 Å². The first-order valence-electron chi connectivity index (χ1n) is 9.43. The zero-order chi connectivity index (χ0) is 18.7. The molecule has 1 amide bonds. The van der Waals surface area contributed by atoms with Gasteiger partial charge in [-0.15, -0.1) is 0 Å². The summed E-state index contributed by atoms with van der Waals surface area (Å²) in [5.74, 6) is 0.784. The van der Waals surface area contributed by atoms with Gasteiger partial charge in [-0.25, -0.2) is 0 Å². The molecule has 1 aliphatic heterocycles. The van der Waals surface area contributed by atoms with E-state index in [0.717, 1.165) is 49.3 Å². The highest BCUT2D eigenvalue weighted by Crippen LogP contribution is 2.23. The van der Waals surface area contributed by atoms with E-state index in [0.29, 0.717) is 12.3 Å². The molecule has 0 aliphatic carbocycles. The number of aryl methyl sites for hydroxylation is 2. The van der Waals surface area contributed by atoms with E-state index >= 15 is 0 Å². The number of likely N-dealkylation sites (tertiary alicyclic amines) is 1. The molecule has 26 heavy (non-hydrogen) atoms. The summed E-state index contributed by atoms with van der Waals surface area (Å²) < 4.78 is 1.89. The van der Waals surface area contributed by atoms with Crippen LogP contribution in [-0.4, -0.2) is 38.8 Å². The van der Waals surface area contributed by atoms with Gasteiger partial charge < -0.3 is 10.0 Å². The van der Waals surface area contributed by atoms with Gasteiger partial charge >= 0.3 is 0 Å². The van der Waals surface area contributed by atoms with Crippen molar-refractivity contribution in [1.82, 2.24) is 14.7 Å². The van der Waals surface area contributed by atoms with E-state index in [1.807, 2.05) is 35.7 Å². The van der Waals surface area contributed by atoms with Crippen molar-refractivity contribution in [3.63, 3.8) is 0 Å². The quantitative estimate of drug-likeness (QED) is 0.866. The lowest BCUT2D eigenvalue weighted by molar-refractivity contribution is -0.130. The summed E-state index contributed by atoms with van der Waals surface area (Å²) >= 11 is 0. The minimum absolute atomic E-state index is 0.0852. The van der Waals surface area contributed by atoms with Gasteiger partial charge in [0.2, 0.25) is 5.91 Å². The lowest BCUT2D eigenvalue weighted by atomic mass is 9.98. The summed E-state index contributed by atoms with van der Waals surface area (Å²) in [6.07, 6.45) is 3.40. The summed E-state index contributed by atoms with van der Waals surface area (Å²) in [6.45, 7) is 5.88. The van der Waals surface area contributed by atoms with Gasteiger partial charge in [0.15, 0.2) is 0 Å². The minimum Gasteiger partial charge on any atom is -0.392 e. The number of carbonyl (C=O) groups excluding carboxylic acids is 1. The van der Waals surface area contributed by atoms with Crippen LogP contribution in [-0.2, 0) is 31.3 Å². The molecule has 2 heterocycles. The third-order valence-corrected chi connectivity index (χ3v) is 5.62. The Bertz CT molecular complexity index is 764. The third-order valence-electron chi connectivity index (χ3n) is 5.62. The van der Waals surface area contributed by atoms with Crippen LogP contribution in [0.25, 0.3) is 0 Å². The number of amides is 1. The van der Waals surface area contributed by atoms with E-state index in [1.54, 1.807) is 0 Å². The smallest absolute Gasteiger partial charge is 0.222 e. The summed E-state index contributed by atoms with van der Waals surface area (Å²) in [6, 6.07) is 8.13. The van der Waals surface area contributed by atoms with Crippen LogP contribution < -0.4 is 0 Å². The number of rotatable bonds is 6. The number of hydrogen-bond donors (Lipinski definition) is 1. The van der Waals surface area contributed by atoms with Crippen LogP contribution >= 0.6 is 0 Å². The molecule has 0 saturated carbocycles. The van der Waals surface area contributed by atoms with Gasteiger partial charge in [0.05, 0.1) is 12.3 Å². The number of aliphatic hydroxyl groups is 1. The average Bonchev–Trinajstić information content (AvgIpc) is 3.19. The van der Waals surface area contributed by atoms with Crippen LogP contribution in [0.4, 0.5) is 0 Å². The first-order valence-corrected chi connectivity index (χ1v) is 9.43. The van der Waals surface area contributed by atoms with Gasteiger partial charge in [-0.2, -0.15) is 5.10 Å². The lowest BCUT2D eigenvalue weighted by Gasteiger charge is -2.17. The number of aromatic nitrogens is 2. The molecule has 1 N–H and O–H groups in total. The zero-order valence-electron chi connectivity index (χ0n) is 16.0. The monoisotopic (exact) mass is 355 g/mol. The predicted molar refractivity (Wildman–Crippen MR) is 102 cm³/mol. The number of hydrogen-bond acceptors (Lipinski definition) is 3. The molecular formula is C21H29N3O2. The molecule has 1 fully saturated rings. The topological polar surface area (TPSA) is 58.4 Å². The van der Waals surface area contributed by atoms with Crippen molar-refractivity contribution < 1.29 is 9.90 Å². The molecule has 1 aromatic carbocycles. The molecule has 0 radical (unpaired) electrons. The van der Waals surface area contributed by atoms with Crippen LogP contribution in [0.2, 0.25) is 0 Å². The van der Waals surface area contributed by atoms with E-state index in [2.05, 4.69) is 24.2 Å². The third kappa shape index (κ3) is 4.15. The second kappa shape index (κ2) is 8.04. The van der Waals surface area contributed by atoms with Gasteiger partial charge in [-0.3, -0.25) is 9.48 Å². The summed E-state index contributed by atoms with van der Waals surface area (Å²) in [5.41, 5.74) is 5.62. The largest absolute Gasteiger partial charge is 0.392 e. The number of aliphatic hydroxyl groups excluding tert-OH is 1. The second-order valence-electron chi connectivity index (χ2n) is 7.45. The Labute approximate surface area is 155 Å². The van der Waals surface area contributed by atoms with Crippen molar-refractivity contribution in [2.75, 3.05) is 13.1 Å². The fourth-order valence-corrected chi connectivity index (χ4v) is 3.91. The van der Waals surface area contributed by atoms with Gasteiger partial charge in [-0.1, -0.05) is 24.3 Å². The lowest BCUT2D eigenvalue weighted by Crippen LogP contribution is -2.29. The average molecular weight is 355 g/mol. The first-order chi connectivity index (χ1) is 12.5. The van der Waals surface area contributed by atoms with Crippen molar-refractivity contribution in [2.24, 2.45) is 13.0 Å². The maximum Gasteiger partial charge on any atom is 0.222 e. The highest BCUT2D eigenvalue weighted by molar-refractivity contribution is 5.76. The Balaban J connectivity index is 1.50. The Kier molecular flexibility index (Phi) is 5.77. The van der Waals surface area contributed by atoms with Crippen LogP contribution in [0.3, 0.4) is 0 Å². The standard InChI is InChI=1S/C21H29N3O2/c1-15-20(16(2)23(3)22-15)8-9-21(26)24-11-10-19(13-24)12-17-4-6-18(14-25)7-5-17/h4-7,19,25H,8-14H2,1-3H3. The number of carbonyl (C=O) groups is 1. The Hall–Kier alpha value is -2.14. The van der Waals surface area contributed by atoms with Crippen molar-refractivity contribution in [3.8, 4) is 0 Å². The van der Waals surface area contributed by atoms with Crippen molar-refractivity contribution in [3.05, 3.63) is 52.3 Å². The maximum atomic E-state index is 12.6. The molecule has 5 heteroatoms. The highest BCUT2D eigenvalue weighted by atomic mass is 16.3. The Morgan fingerprint density at radius 1 is 1.23 bits per heavy atom. The van der Waals surface area contributed by atoms with Gasteiger partial charge in [0, 0.05) is 32.3 Å². The molecule has 1 saturated heterocycles. The molecule has 0 spiro atoms. The minimum atomic E-state index is 0.0852. The van der Waals surface area contributed by atoms with E-state index < -0.39 is 0 Å². The van der Waals surface area contributed by atoms with Crippen molar-refractivity contribution in [1.29, 1.82) is 0 Å². The molecule has 1 atom stereocenters. The van der Waals surface area contributed by atoms with Crippen LogP contribution in [0.5, 0.6) is 0 Å². The molecule has 2 aromatic rings. The van der Waals surface area contributed by atoms with Crippen molar-refractivity contribution in [2.45, 2.75) is 46.1 Å². The molecule has 5 nitrogen and oxygen atoms in total. The fraction of sp³-hybridized carbons (Fsp3) is 0.524. The zero-order valence-corrected chi connectivity index (χ0v) is 16.0. The molecule has 1 unspecified atom stereocenters. The summed E-state index contributed by atoms with van der Waals surface area (Å²) in [4.78, 5) is 14.6. The Morgan fingerprint density at radius 2 is 1.92 bits per heavy atom. The highest BCUT2D eigenvalue weighted by Gasteiger charge is 2.26. The number of nitrogens with zero attached hydrogens (tertiary/aromatic N) is 3. The second-order valence-corrected chi connectivity index (χ2v) is 7.45. The molecule has 140 valence electrons. The Morgan fingerprint density at radius 3 is 2.54 bits per heavy atom. The van der Waals surface area contributed by atoms with Crippen molar-refractivity contribution >= 4 is 5.91 Å². The first kappa shape index (κ1) is 18.6. The van der Waals surface area contributed by atoms with E-state index in [9.17, 15) is 4.79 Å². The SMILES string of the molecule is Cc1nn(C)c(C)c1CCC(=O)N1CCC(Cc2ccc(CO)cc2)C1. The van der Waals surface area contributed by atoms with Gasteiger partial charge in [0.1, 0.15) is 0 Å². The fourth-order valence-electron chi connectivity index (χ4n) is 3.91. The van der Waals surface area contributed by atoms with E-state index in [1.165, 1.54) is 11.1 Å². The van der Waals surface area contributed by atoms with Gasteiger partial charge in [0.25, 0.3) is 0 Å². The summed E-state index contributed by atoms with van der Waals surface area (Å²) in [5, 5.41) is 13.6. The van der Waals surface area contributed by atoms with Crippen LogP contribution in [0.15, 0.2) is 24.3 Å². The predicted octanol–water partition coefficient (Wildman–Crippen LogP) is 2.55. The van der Waals surface area contributed by atoms with Crippen LogP contribution in [0.1, 0.15) is 40.9 Å². The van der Waals surface area contributed by atoms with E-state index in [4.69, 9.17) is 5.11 Å². The molecule has 1 aromatic heterocycles. The number of benzene rings is 1. The summed E-state index contributed by atoms with van der Waals surface area (Å²) in [7, 11) is 1.95. The normalized spacial score (nSPS) is 17.1.